The first-order valence-electron chi connectivity index (χ1n) is 16.8. The quantitative estimate of drug-likeness (QED) is 0.161. The van der Waals surface area contributed by atoms with Gasteiger partial charge in [-0.05, 0) is 80.3 Å². The SMILES string of the molecule is Cc1c[nH]c2c1[C@@]13CC1CN(C(=O)c1cc4c5c(c(O)c(C)c4[nH]1)N(C(=O)c1cc4c6c(c(O)c(C)c4[nH]1)N(C(N)=O)CC6)CC5)C3=CC2=O. The van der Waals surface area contributed by atoms with E-state index in [0.29, 0.717) is 77.4 Å². The number of phenolic OH excluding ortho intramolecular Hbond substituents is 2. The highest BCUT2D eigenvalue weighted by atomic mass is 16.3. The molecule has 1 spiro atoms. The van der Waals surface area contributed by atoms with Crippen molar-refractivity contribution in [3.63, 3.8) is 0 Å². The van der Waals surface area contributed by atoms with Gasteiger partial charge in [0, 0.05) is 64.9 Å². The summed E-state index contributed by atoms with van der Waals surface area (Å²) in [5.74, 6) is -0.563. The Hall–Kier alpha value is -5.98. The van der Waals surface area contributed by atoms with Crippen LogP contribution in [0, 0.1) is 26.7 Å². The van der Waals surface area contributed by atoms with Crippen molar-refractivity contribution in [2.24, 2.45) is 11.7 Å². The standard InChI is InChI=1S/C37H33N7O6/c1-14-12-39-29-24(45)10-25-37(26(14)29)11-17(37)13-44(25)35(49)23-9-20-18-4-6-42(30(18)32(46)15(2)27(20)41-23)34(48)22-8-21-19-5-7-43(36(38)50)31(19)33(47)16(3)28(21)40-22/h8-10,12,17,39-41,46-47H,4-7,11,13H2,1-3H3,(H2,38,50)/t17?,37-/m0/s1. The Kier molecular flexibility index (Phi) is 5.31. The zero-order valence-corrected chi connectivity index (χ0v) is 27.6. The van der Waals surface area contributed by atoms with E-state index >= 15 is 0 Å². The maximum absolute atomic E-state index is 14.2. The Morgan fingerprint density at radius 1 is 0.860 bits per heavy atom. The van der Waals surface area contributed by atoms with E-state index in [0.717, 1.165) is 45.1 Å². The molecule has 4 amide bonds. The van der Waals surface area contributed by atoms with Crippen LogP contribution >= 0.6 is 0 Å². The molecule has 3 aromatic heterocycles. The second-order valence-electron chi connectivity index (χ2n) is 14.4. The first-order chi connectivity index (χ1) is 23.9. The Labute approximate surface area is 284 Å². The van der Waals surface area contributed by atoms with Gasteiger partial charge >= 0.3 is 6.03 Å². The number of urea groups is 1. The molecule has 3 aliphatic heterocycles. The number of ketones is 1. The Bertz CT molecular complexity index is 2530. The van der Waals surface area contributed by atoms with Gasteiger partial charge in [-0.25, -0.2) is 4.79 Å². The molecule has 2 fully saturated rings. The van der Waals surface area contributed by atoms with Crippen LogP contribution in [0.25, 0.3) is 21.8 Å². The number of carbonyl (C=O) groups excluding carboxylic acids is 4. The van der Waals surface area contributed by atoms with Crippen molar-refractivity contribution in [3.05, 3.63) is 80.6 Å². The van der Waals surface area contributed by atoms with Crippen LogP contribution < -0.4 is 15.5 Å². The molecule has 0 bridgehead atoms. The number of aryl methyl sites for hydroxylation is 3. The molecule has 2 atom stereocenters. The number of amides is 4. The third-order valence-corrected chi connectivity index (χ3v) is 12.0. The highest BCUT2D eigenvalue weighted by Gasteiger charge is 2.68. The second-order valence-corrected chi connectivity index (χ2v) is 14.4. The summed E-state index contributed by atoms with van der Waals surface area (Å²) < 4.78 is 0. The van der Waals surface area contributed by atoms with Crippen LogP contribution in [0.3, 0.4) is 0 Å². The summed E-state index contributed by atoms with van der Waals surface area (Å²) in [5, 5.41) is 24.0. The van der Waals surface area contributed by atoms with Crippen LogP contribution in [0.4, 0.5) is 16.2 Å². The van der Waals surface area contributed by atoms with Crippen molar-refractivity contribution in [1.29, 1.82) is 0 Å². The molecular weight excluding hydrogens is 638 g/mol. The molecule has 6 heterocycles. The summed E-state index contributed by atoms with van der Waals surface area (Å²) >= 11 is 0. The Morgan fingerprint density at radius 3 is 2.02 bits per heavy atom. The molecule has 0 radical (unpaired) electrons. The minimum atomic E-state index is -0.655. The summed E-state index contributed by atoms with van der Waals surface area (Å²) in [6, 6.07) is 2.88. The van der Waals surface area contributed by atoms with E-state index in [2.05, 4.69) is 15.0 Å². The van der Waals surface area contributed by atoms with Crippen molar-refractivity contribution in [2.75, 3.05) is 29.4 Å². The zero-order valence-electron chi connectivity index (χ0n) is 27.6. The molecule has 13 nitrogen and oxygen atoms in total. The normalized spacial score (nSPS) is 21.4. The maximum atomic E-state index is 14.2. The van der Waals surface area contributed by atoms with E-state index in [9.17, 15) is 29.4 Å². The van der Waals surface area contributed by atoms with Gasteiger partial charge in [-0.3, -0.25) is 19.3 Å². The van der Waals surface area contributed by atoms with Gasteiger partial charge in [-0.1, -0.05) is 0 Å². The van der Waals surface area contributed by atoms with Crippen molar-refractivity contribution < 1.29 is 29.4 Å². The van der Waals surface area contributed by atoms with Crippen LogP contribution in [0.1, 0.15) is 71.3 Å². The van der Waals surface area contributed by atoms with Gasteiger partial charge in [0.15, 0.2) is 0 Å². The number of phenols is 2. The predicted octanol–water partition coefficient (Wildman–Crippen LogP) is 4.45. The van der Waals surface area contributed by atoms with Crippen molar-refractivity contribution in [2.45, 2.75) is 45.4 Å². The third-order valence-electron chi connectivity index (χ3n) is 12.0. The van der Waals surface area contributed by atoms with Gasteiger partial charge in [0.25, 0.3) is 11.8 Å². The number of carbonyl (C=O) groups is 4. The molecule has 7 N–H and O–H groups in total. The topological polar surface area (TPSA) is 192 Å². The van der Waals surface area contributed by atoms with E-state index in [4.69, 9.17) is 5.73 Å². The minimum Gasteiger partial charge on any atom is -0.505 e. The number of hydrogen-bond donors (Lipinski definition) is 6. The number of H-pyrrole nitrogens is 3. The number of nitrogens with one attached hydrogen (secondary N) is 3. The lowest BCUT2D eigenvalue weighted by atomic mass is 9.83. The van der Waals surface area contributed by atoms with Gasteiger partial charge in [0.05, 0.1) is 28.1 Å². The van der Waals surface area contributed by atoms with Gasteiger partial charge in [-0.2, -0.15) is 0 Å². The molecule has 13 heteroatoms. The molecule has 50 heavy (non-hydrogen) atoms. The predicted molar refractivity (Wildman–Crippen MR) is 184 cm³/mol. The second kappa shape index (κ2) is 9.17. The highest BCUT2D eigenvalue weighted by molar-refractivity contribution is 6.14. The Balaban J connectivity index is 1.01. The van der Waals surface area contributed by atoms with Crippen LogP contribution in [-0.4, -0.2) is 73.3 Å². The minimum absolute atomic E-state index is 0.0421. The molecule has 10 rings (SSSR count). The van der Waals surface area contributed by atoms with E-state index < -0.39 is 6.03 Å². The molecule has 1 saturated carbocycles. The average molecular weight is 672 g/mol. The number of fused-ring (bicyclic) bond motifs is 7. The molecular formula is C37H33N7O6. The summed E-state index contributed by atoms with van der Waals surface area (Å²) in [6.07, 6.45) is 5.32. The number of likely N-dealkylation sites (tertiary alicyclic amines) is 1. The smallest absolute Gasteiger partial charge is 0.319 e. The molecule has 252 valence electrons. The van der Waals surface area contributed by atoms with E-state index in [-0.39, 0.29) is 46.1 Å². The number of allylic oxidation sites excluding steroid dienone is 2. The van der Waals surface area contributed by atoms with E-state index in [1.807, 2.05) is 13.1 Å². The number of piperidine rings is 1. The number of benzene rings is 2. The first-order valence-corrected chi connectivity index (χ1v) is 16.8. The third kappa shape index (κ3) is 3.32. The molecule has 2 aromatic carbocycles. The van der Waals surface area contributed by atoms with Crippen molar-refractivity contribution in [1.82, 2.24) is 19.9 Å². The van der Waals surface area contributed by atoms with E-state index in [1.165, 1.54) is 4.90 Å². The molecule has 5 aromatic rings. The fourth-order valence-electron chi connectivity index (χ4n) is 9.56. The molecule has 5 aliphatic rings. The number of rotatable bonds is 2. The molecule has 2 aliphatic carbocycles. The monoisotopic (exact) mass is 671 g/mol. The van der Waals surface area contributed by atoms with Gasteiger partial charge in [0.2, 0.25) is 5.78 Å². The van der Waals surface area contributed by atoms with Crippen LogP contribution in [-0.2, 0) is 18.3 Å². The number of aromatic hydroxyl groups is 2. The summed E-state index contributed by atoms with van der Waals surface area (Å²) in [4.78, 5) is 67.7. The number of nitrogens with two attached hydrogens (primary N) is 1. The van der Waals surface area contributed by atoms with Crippen LogP contribution in [0.15, 0.2) is 30.1 Å². The summed E-state index contributed by atoms with van der Waals surface area (Å²) in [6.45, 7) is 6.63. The lowest BCUT2D eigenvalue weighted by Crippen LogP contribution is -2.34. The van der Waals surface area contributed by atoms with Crippen molar-refractivity contribution in [3.8, 4) is 11.5 Å². The first kappa shape index (κ1) is 29.0. The van der Waals surface area contributed by atoms with E-state index in [1.54, 1.807) is 41.9 Å². The molecule has 1 saturated heterocycles. The number of hydrogen-bond acceptors (Lipinski definition) is 6. The largest absolute Gasteiger partial charge is 0.505 e. The lowest BCUT2D eigenvalue weighted by molar-refractivity contribution is 0.0806. The number of nitrogens with zero attached hydrogens (tertiary/aromatic N) is 3. The number of anilines is 2. The van der Waals surface area contributed by atoms with Crippen molar-refractivity contribution >= 4 is 56.8 Å². The fourth-order valence-corrected chi connectivity index (χ4v) is 9.56. The van der Waals surface area contributed by atoms with Gasteiger partial charge in [0.1, 0.15) is 22.9 Å². The highest BCUT2D eigenvalue weighted by Crippen LogP contribution is 2.67. The summed E-state index contributed by atoms with van der Waals surface area (Å²) in [5.41, 5.74) is 13.8. The molecule has 1 unspecified atom stereocenters. The van der Waals surface area contributed by atoms with Crippen LogP contribution in [0.2, 0.25) is 0 Å². The lowest BCUT2D eigenvalue weighted by Gasteiger charge is -2.28. The zero-order chi connectivity index (χ0) is 34.7. The van der Waals surface area contributed by atoms with Gasteiger partial charge in [-0.15, -0.1) is 0 Å². The fraction of sp³-hybridized carbons (Fsp3) is 0.297. The average Bonchev–Trinajstić information content (AvgIpc) is 3.81. The Morgan fingerprint density at radius 2 is 1.42 bits per heavy atom. The summed E-state index contributed by atoms with van der Waals surface area (Å²) in [7, 11) is 0. The number of primary amides is 1. The number of aromatic nitrogens is 3. The van der Waals surface area contributed by atoms with Crippen LogP contribution in [0.5, 0.6) is 11.5 Å². The maximum Gasteiger partial charge on any atom is 0.319 e. The van der Waals surface area contributed by atoms with Gasteiger partial charge < -0.3 is 40.7 Å². The number of aromatic amines is 3.